The molecular weight excluding hydrogens is 280 g/mol. The van der Waals surface area contributed by atoms with Gasteiger partial charge in [0, 0.05) is 24.4 Å². The average Bonchev–Trinajstić information content (AvgIpc) is 3.22. The van der Waals surface area contributed by atoms with Crippen LogP contribution in [-0.4, -0.2) is 24.2 Å². The van der Waals surface area contributed by atoms with E-state index in [0.717, 1.165) is 24.3 Å². The number of hydrogen-bond acceptors (Lipinski definition) is 4. The largest absolute Gasteiger partial charge is 0.454 e. The van der Waals surface area contributed by atoms with E-state index in [0.29, 0.717) is 12.1 Å². The van der Waals surface area contributed by atoms with Crippen LogP contribution < -0.4 is 14.8 Å². The number of carbonyl (C=O) groups is 1. The Labute approximate surface area is 128 Å². The molecule has 2 aliphatic rings. The van der Waals surface area contributed by atoms with Gasteiger partial charge in [-0.15, -0.1) is 0 Å². The molecule has 112 valence electrons. The van der Waals surface area contributed by atoms with E-state index in [-0.39, 0.29) is 18.1 Å². The average molecular weight is 296 g/mol. The monoisotopic (exact) mass is 296 g/mol. The molecule has 0 radical (unpaired) electrons. The van der Waals surface area contributed by atoms with Crippen LogP contribution in [0.15, 0.2) is 42.7 Å². The maximum atomic E-state index is 12.1. The van der Waals surface area contributed by atoms with Crippen LogP contribution >= 0.6 is 0 Å². The minimum Gasteiger partial charge on any atom is -0.454 e. The lowest BCUT2D eigenvalue weighted by molar-refractivity contribution is 0.0949. The summed E-state index contributed by atoms with van der Waals surface area (Å²) >= 11 is 0. The molecule has 22 heavy (non-hydrogen) atoms. The number of benzene rings is 1. The van der Waals surface area contributed by atoms with Crippen molar-refractivity contribution in [1.82, 2.24) is 10.3 Å². The number of rotatable bonds is 4. The summed E-state index contributed by atoms with van der Waals surface area (Å²) in [4.78, 5) is 16.1. The van der Waals surface area contributed by atoms with Gasteiger partial charge in [-0.1, -0.05) is 6.07 Å². The summed E-state index contributed by atoms with van der Waals surface area (Å²) in [6.07, 6.45) is 5.38. The number of fused-ring (bicyclic) bond motifs is 1. The number of amides is 1. The van der Waals surface area contributed by atoms with Gasteiger partial charge >= 0.3 is 0 Å². The van der Waals surface area contributed by atoms with Crippen LogP contribution in [0.5, 0.6) is 11.5 Å². The zero-order valence-corrected chi connectivity index (χ0v) is 12.0. The van der Waals surface area contributed by atoms with E-state index in [1.165, 1.54) is 5.56 Å². The fourth-order valence-electron chi connectivity index (χ4n) is 2.79. The smallest absolute Gasteiger partial charge is 0.252 e. The van der Waals surface area contributed by atoms with Crippen molar-refractivity contribution in [3.63, 3.8) is 0 Å². The Bertz CT molecular complexity index is 711. The van der Waals surface area contributed by atoms with E-state index in [1.54, 1.807) is 24.5 Å². The topological polar surface area (TPSA) is 60.5 Å². The van der Waals surface area contributed by atoms with Gasteiger partial charge in [-0.05, 0) is 42.7 Å². The Morgan fingerprint density at radius 1 is 1.23 bits per heavy atom. The van der Waals surface area contributed by atoms with Crippen molar-refractivity contribution >= 4 is 5.91 Å². The van der Waals surface area contributed by atoms with Gasteiger partial charge in [0.2, 0.25) is 6.79 Å². The molecule has 1 aliphatic heterocycles. The number of ether oxygens (including phenoxy) is 2. The first-order chi connectivity index (χ1) is 10.8. The van der Waals surface area contributed by atoms with Crippen LogP contribution in [0.3, 0.4) is 0 Å². The molecule has 0 spiro atoms. The molecule has 1 fully saturated rings. The number of hydrogen-bond donors (Lipinski definition) is 1. The minimum absolute atomic E-state index is 0.0266. The second-order valence-electron chi connectivity index (χ2n) is 5.77. The van der Waals surface area contributed by atoms with Gasteiger partial charge in [0.1, 0.15) is 0 Å². The van der Waals surface area contributed by atoms with Crippen molar-refractivity contribution in [2.24, 2.45) is 0 Å². The lowest BCUT2D eigenvalue weighted by Crippen LogP contribution is -2.32. The van der Waals surface area contributed by atoms with E-state index in [4.69, 9.17) is 9.47 Å². The van der Waals surface area contributed by atoms with E-state index >= 15 is 0 Å². The maximum absolute atomic E-state index is 12.1. The summed E-state index contributed by atoms with van der Waals surface area (Å²) in [6.45, 7) is 0.907. The van der Waals surface area contributed by atoms with Gasteiger partial charge in [0.25, 0.3) is 5.91 Å². The maximum Gasteiger partial charge on any atom is 0.252 e. The Kier molecular flexibility index (Phi) is 2.99. The molecule has 0 saturated heterocycles. The SMILES string of the molecule is O=C(NCC1(c2ccc3c(c2)OCO3)CC1)c1cccnc1. The predicted molar refractivity (Wildman–Crippen MR) is 80.0 cm³/mol. The molecule has 1 aromatic heterocycles. The molecule has 1 aliphatic carbocycles. The second-order valence-corrected chi connectivity index (χ2v) is 5.77. The zero-order chi connectivity index (χ0) is 15.0. The predicted octanol–water partition coefficient (Wildman–Crippen LogP) is 2.27. The third-order valence-electron chi connectivity index (χ3n) is 4.35. The highest BCUT2D eigenvalue weighted by molar-refractivity contribution is 5.93. The molecular formula is C17H16N2O3. The standard InChI is InChI=1S/C17H16N2O3/c20-16(12-2-1-7-18-9-12)19-10-17(5-6-17)13-3-4-14-15(8-13)22-11-21-14/h1-4,7-9H,5-6,10-11H2,(H,19,20). The Hall–Kier alpha value is -2.56. The first-order valence-corrected chi connectivity index (χ1v) is 7.35. The van der Waals surface area contributed by atoms with Crippen LogP contribution in [0.25, 0.3) is 0 Å². The van der Waals surface area contributed by atoms with Crippen LogP contribution in [-0.2, 0) is 5.41 Å². The van der Waals surface area contributed by atoms with Crippen molar-refractivity contribution in [3.05, 3.63) is 53.9 Å². The molecule has 2 aromatic rings. The summed E-state index contributed by atoms with van der Waals surface area (Å²) in [5, 5.41) is 3.02. The molecule has 4 rings (SSSR count). The highest BCUT2D eigenvalue weighted by Crippen LogP contribution is 2.49. The van der Waals surface area contributed by atoms with Crippen molar-refractivity contribution < 1.29 is 14.3 Å². The number of pyridine rings is 1. The highest BCUT2D eigenvalue weighted by Gasteiger charge is 2.45. The summed E-state index contributed by atoms with van der Waals surface area (Å²) in [5.74, 6) is 1.50. The van der Waals surface area contributed by atoms with Crippen molar-refractivity contribution in [2.45, 2.75) is 18.3 Å². The second kappa shape index (κ2) is 5.02. The molecule has 1 aromatic carbocycles. The normalized spacial score (nSPS) is 17.1. The van der Waals surface area contributed by atoms with Crippen molar-refractivity contribution in [3.8, 4) is 11.5 Å². The molecule has 5 heteroatoms. The van der Waals surface area contributed by atoms with Gasteiger partial charge < -0.3 is 14.8 Å². The molecule has 0 unspecified atom stereocenters. The third-order valence-corrected chi connectivity index (χ3v) is 4.35. The highest BCUT2D eigenvalue weighted by atomic mass is 16.7. The first-order valence-electron chi connectivity index (χ1n) is 7.35. The summed E-state index contributed by atoms with van der Waals surface area (Å²) in [7, 11) is 0. The quantitative estimate of drug-likeness (QED) is 0.940. The Balaban J connectivity index is 1.47. The van der Waals surface area contributed by atoms with Crippen molar-refractivity contribution in [2.75, 3.05) is 13.3 Å². The first kappa shape index (κ1) is 13.1. The van der Waals surface area contributed by atoms with E-state index < -0.39 is 0 Å². The minimum atomic E-state index is -0.0832. The number of nitrogens with zero attached hydrogens (tertiary/aromatic N) is 1. The fraction of sp³-hybridized carbons (Fsp3) is 0.294. The van der Waals surface area contributed by atoms with Crippen molar-refractivity contribution in [1.29, 1.82) is 0 Å². The van der Waals surface area contributed by atoms with E-state index in [1.807, 2.05) is 12.1 Å². The molecule has 1 saturated carbocycles. The van der Waals surface area contributed by atoms with Gasteiger partial charge in [0.05, 0.1) is 5.56 Å². The van der Waals surface area contributed by atoms with Gasteiger partial charge in [-0.2, -0.15) is 0 Å². The third kappa shape index (κ3) is 2.28. The summed E-state index contributed by atoms with van der Waals surface area (Å²) < 4.78 is 10.8. The van der Waals surface area contributed by atoms with Crippen LogP contribution in [0.4, 0.5) is 0 Å². The van der Waals surface area contributed by atoms with Crippen LogP contribution in [0.2, 0.25) is 0 Å². The van der Waals surface area contributed by atoms with Crippen LogP contribution in [0.1, 0.15) is 28.8 Å². The molecule has 0 bridgehead atoms. The number of aromatic nitrogens is 1. The van der Waals surface area contributed by atoms with Gasteiger partial charge in [0.15, 0.2) is 11.5 Å². The Morgan fingerprint density at radius 3 is 2.86 bits per heavy atom. The number of nitrogens with one attached hydrogen (secondary N) is 1. The molecule has 0 atom stereocenters. The van der Waals surface area contributed by atoms with Gasteiger partial charge in [-0.25, -0.2) is 0 Å². The number of carbonyl (C=O) groups excluding carboxylic acids is 1. The van der Waals surface area contributed by atoms with Gasteiger partial charge in [-0.3, -0.25) is 9.78 Å². The molecule has 2 heterocycles. The Morgan fingerprint density at radius 2 is 2.09 bits per heavy atom. The summed E-state index contributed by atoms with van der Waals surface area (Å²) in [6, 6.07) is 9.57. The fourth-order valence-corrected chi connectivity index (χ4v) is 2.79. The molecule has 5 nitrogen and oxygen atoms in total. The zero-order valence-electron chi connectivity index (χ0n) is 12.0. The van der Waals surface area contributed by atoms with E-state index in [2.05, 4.69) is 16.4 Å². The lowest BCUT2D eigenvalue weighted by Gasteiger charge is -2.17. The van der Waals surface area contributed by atoms with E-state index in [9.17, 15) is 4.79 Å². The molecule has 1 amide bonds. The summed E-state index contributed by atoms with van der Waals surface area (Å²) in [5.41, 5.74) is 1.81. The van der Waals surface area contributed by atoms with Crippen LogP contribution in [0, 0.1) is 0 Å². The molecule has 1 N–H and O–H groups in total. The lowest BCUT2D eigenvalue weighted by atomic mass is 9.95.